The Morgan fingerprint density at radius 3 is 2.64 bits per heavy atom. The van der Waals surface area contributed by atoms with Gasteiger partial charge in [-0.05, 0) is 30.3 Å². The summed E-state index contributed by atoms with van der Waals surface area (Å²) >= 11 is 0. The van der Waals surface area contributed by atoms with Crippen LogP contribution in [0, 0.1) is 0 Å². The first-order valence-electron chi connectivity index (χ1n) is 8.00. The topological polar surface area (TPSA) is 44.5 Å². The van der Waals surface area contributed by atoms with Crippen molar-refractivity contribution in [3.63, 3.8) is 0 Å². The second kappa shape index (κ2) is 7.42. The van der Waals surface area contributed by atoms with E-state index in [1.807, 2.05) is 18.3 Å². The van der Waals surface area contributed by atoms with Crippen molar-refractivity contribution in [2.75, 3.05) is 37.6 Å². The Hall–Kier alpha value is -1.85. The molecule has 3 heterocycles. The van der Waals surface area contributed by atoms with Crippen LogP contribution in [0.4, 0.5) is 5.82 Å². The van der Waals surface area contributed by atoms with Crippen LogP contribution in [-0.2, 0) is 13.1 Å². The standard InChI is InChI=1S/C17H24N4O/c1-2-20-7-9-21(10-8-20)17-6-5-15(13-19-17)12-18-14-16-4-3-11-22-16/h3-6,11,13,18H,2,7-10,12,14H2,1H3. The van der Waals surface area contributed by atoms with Gasteiger partial charge in [-0.15, -0.1) is 0 Å². The third-order valence-electron chi connectivity index (χ3n) is 4.16. The highest BCUT2D eigenvalue weighted by Gasteiger charge is 2.16. The molecule has 0 aromatic carbocycles. The number of furan rings is 1. The lowest BCUT2D eigenvalue weighted by atomic mass is 10.2. The maximum absolute atomic E-state index is 5.30. The van der Waals surface area contributed by atoms with E-state index in [2.05, 4.69) is 39.2 Å². The van der Waals surface area contributed by atoms with E-state index in [9.17, 15) is 0 Å². The molecule has 5 nitrogen and oxygen atoms in total. The van der Waals surface area contributed by atoms with E-state index in [0.29, 0.717) is 0 Å². The minimum Gasteiger partial charge on any atom is -0.468 e. The van der Waals surface area contributed by atoms with Gasteiger partial charge in [0, 0.05) is 38.9 Å². The number of piperazine rings is 1. The Balaban J connectivity index is 1.48. The molecule has 0 radical (unpaired) electrons. The second-order valence-electron chi connectivity index (χ2n) is 5.63. The van der Waals surface area contributed by atoms with Gasteiger partial charge in [0.05, 0.1) is 12.8 Å². The molecule has 22 heavy (non-hydrogen) atoms. The van der Waals surface area contributed by atoms with Crippen molar-refractivity contribution in [1.29, 1.82) is 0 Å². The zero-order valence-corrected chi connectivity index (χ0v) is 13.2. The Kier molecular flexibility index (Phi) is 5.08. The normalized spacial score (nSPS) is 16.1. The molecule has 1 aliphatic rings. The fourth-order valence-corrected chi connectivity index (χ4v) is 2.74. The van der Waals surface area contributed by atoms with Crippen molar-refractivity contribution in [1.82, 2.24) is 15.2 Å². The molecule has 0 aliphatic carbocycles. The molecule has 1 fully saturated rings. The molecule has 1 N–H and O–H groups in total. The van der Waals surface area contributed by atoms with Crippen molar-refractivity contribution in [3.05, 3.63) is 48.0 Å². The van der Waals surface area contributed by atoms with Crippen molar-refractivity contribution < 1.29 is 4.42 Å². The summed E-state index contributed by atoms with van der Waals surface area (Å²) in [6, 6.07) is 8.17. The number of hydrogen-bond acceptors (Lipinski definition) is 5. The number of aromatic nitrogens is 1. The minimum absolute atomic E-state index is 0.744. The maximum atomic E-state index is 5.30. The fraction of sp³-hybridized carbons (Fsp3) is 0.471. The van der Waals surface area contributed by atoms with Crippen LogP contribution < -0.4 is 10.2 Å². The molecule has 5 heteroatoms. The zero-order chi connectivity index (χ0) is 15.2. The molecule has 3 rings (SSSR count). The summed E-state index contributed by atoms with van der Waals surface area (Å²) in [6.45, 7) is 9.30. The first kappa shape index (κ1) is 15.1. The van der Waals surface area contributed by atoms with Crippen LogP contribution in [-0.4, -0.2) is 42.6 Å². The number of likely N-dealkylation sites (N-methyl/N-ethyl adjacent to an activating group) is 1. The van der Waals surface area contributed by atoms with E-state index in [-0.39, 0.29) is 0 Å². The number of rotatable bonds is 6. The van der Waals surface area contributed by atoms with Gasteiger partial charge in [-0.3, -0.25) is 0 Å². The molecular formula is C17H24N4O. The Morgan fingerprint density at radius 2 is 2.00 bits per heavy atom. The molecule has 0 atom stereocenters. The molecule has 0 bridgehead atoms. The van der Waals surface area contributed by atoms with Crippen molar-refractivity contribution >= 4 is 5.82 Å². The van der Waals surface area contributed by atoms with Gasteiger partial charge >= 0.3 is 0 Å². The lowest BCUT2D eigenvalue weighted by Crippen LogP contribution is -2.46. The maximum Gasteiger partial charge on any atom is 0.128 e. The number of anilines is 1. The summed E-state index contributed by atoms with van der Waals surface area (Å²) < 4.78 is 5.30. The monoisotopic (exact) mass is 300 g/mol. The van der Waals surface area contributed by atoms with Gasteiger partial charge in [0.15, 0.2) is 0 Å². The first-order valence-corrected chi connectivity index (χ1v) is 8.00. The molecule has 0 amide bonds. The molecule has 0 saturated carbocycles. The Morgan fingerprint density at radius 1 is 1.14 bits per heavy atom. The molecular weight excluding hydrogens is 276 g/mol. The molecule has 1 saturated heterocycles. The van der Waals surface area contributed by atoms with Crippen LogP contribution in [0.3, 0.4) is 0 Å². The van der Waals surface area contributed by atoms with Gasteiger partial charge in [0.1, 0.15) is 11.6 Å². The molecule has 0 spiro atoms. The van der Waals surface area contributed by atoms with Gasteiger partial charge in [-0.2, -0.15) is 0 Å². The Bertz CT molecular complexity index is 545. The summed E-state index contributed by atoms with van der Waals surface area (Å²) in [5, 5.41) is 3.36. The van der Waals surface area contributed by atoms with Gasteiger partial charge < -0.3 is 19.5 Å². The molecule has 118 valence electrons. The number of hydrogen-bond donors (Lipinski definition) is 1. The van der Waals surface area contributed by atoms with E-state index in [4.69, 9.17) is 4.42 Å². The van der Waals surface area contributed by atoms with E-state index in [1.54, 1.807) is 6.26 Å². The predicted octanol–water partition coefficient (Wildman–Crippen LogP) is 2.11. The highest BCUT2D eigenvalue weighted by molar-refractivity contribution is 5.39. The predicted molar refractivity (Wildman–Crippen MR) is 87.8 cm³/mol. The van der Waals surface area contributed by atoms with E-state index in [1.165, 1.54) is 5.56 Å². The lowest BCUT2D eigenvalue weighted by molar-refractivity contribution is 0.270. The van der Waals surface area contributed by atoms with Gasteiger partial charge in [-0.25, -0.2) is 4.98 Å². The first-order chi connectivity index (χ1) is 10.8. The largest absolute Gasteiger partial charge is 0.468 e. The summed E-state index contributed by atoms with van der Waals surface area (Å²) in [7, 11) is 0. The van der Waals surface area contributed by atoms with Crippen LogP contribution in [0.15, 0.2) is 41.1 Å². The highest BCUT2D eigenvalue weighted by atomic mass is 16.3. The minimum atomic E-state index is 0.744. The van der Waals surface area contributed by atoms with Crippen molar-refractivity contribution in [2.24, 2.45) is 0 Å². The summed E-state index contributed by atoms with van der Waals surface area (Å²) in [5.41, 5.74) is 1.20. The van der Waals surface area contributed by atoms with Gasteiger partial charge in [0.2, 0.25) is 0 Å². The Labute approximate surface area is 131 Å². The molecule has 0 unspecified atom stereocenters. The van der Waals surface area contributed by atoms with E-state index in [0.717, 1.165) is 57.4 Å². The van der Waals surface area contributed by atoms with E-state index >= 15 is 0 Å². The van der Waals surface area contributed by atoms with Crippen LogP contribution in [0.5, 0.6) is 0 Å². The summed E-state index contributed by atoms with van der Waals surface area (Å²) in [5.74, 6) is 2.05. The van der Waals surface area contributed by atoms with Crippen LogP contribution in [0.2, 0.25) is 0 Å². The molecule has 2 aromatic rings. The van der Waals surface area contributed by atoms with E-state index < -0.39 is 0 Å². The third-order valence-corrected chi connectivity index (χ3v) is 4.16. The SMILES string of the molecule is CCN1CCN(c2ccc(CNCc3ccco3)cn2)CC1. The zero-order valence-electron chi connectivity index (χ0n) is 13.2. The third kappa shape index (κ3) is 3.87. The average Bonchev–Trinajstić information content (AvgIpc) is 3.09. The van der Waals surface area contributed by atoms with Crippen LogP contribution >= 0.6 is 0 Å². The summed E-state index contributed by atoms with van der Waals surface area (Å²) in [4.78, 5) is 9.46. The smallest absolute Gasteiger partial charge is 0.128 e. The van der Waals surface area contributed by atoms with Crippen molar-refractivity contribution in [3.8, 4) is 0 Å². The number of nitrogens with zero attached hydrogens (tertiary/aromatic N) is 3. The second-order valence-corrected chi connectivity index (χ2v) is 5.63. The van der Waals surface area contributed by atoms with Gasteiger partial charge in [-0.1, -0.05) is 13.0 Å². The fourth-order valence-electron chi connectivity index (χ4n) is 2.74. The number of pyridine rings is 1. The molecule has 1 aliphatic heterocycles. The van der Waals surface area contributed by atoms with Crippen LogP contribution in [0.25, 0.3) is 0 Å². The highest BCUT2D eigenvalue weighted by Crippen LogP contribution is 2.14. The average molecular weight is 300 g/mol. The summed E-state index contributed by atoms with van der Waals surface area (Å²) in [6.07, 6.45) is 3.67. The van der Waals surface area contributed by atoms with Gasteiger partial charge in [0.25, 0.3) is 0 Å². The quantitative estimate of drug-likeness (QED) is 0.885. The lowest BCUT2D eigenvalue weighted by Gasteiger charge is -2.34. The molecule has 2 aromatic heterocycles. The number of nitrogens with one attached hydrogen (secondary N) is 1. The van der Waals surface area contributed by atoms with Crippen LogP contribution in [0.1, 0.15) is 18.2 Å². The van der Waals surface area contributed by atoms with Crippen molar-refractivity contribution in [2.45, 2.75) is 20.0 Å².